The molecule has 2 aromatic heterocycles. The van der Waals surface area contributed by atoms with Gasteiger partial charge in [-0.3, -0.25) is 4.79 Å². The number of pyridine rings is 2. The van der Waals surface area contributed by atoms with Gasteiger partial charge in [0.15, 0.2) is 0 Å². The van der Waals surface area contributed by atoms with Crippen LogP contribution in [0.15, 0.2) is 35.1 Å². The Morgan fingerprint density at radius 3 is 2.84 bits per heavy atom. The molecular weight excluding hydrogens is 334 g/mol. The Morgan fingerprint density at radius 1 is 1.42 bits per heavy atom. The summed E-state index contributed by atoms with van der Waals surface area (Å²) < 4.78 is 5.45. The number of nitrogens with zero attached hydrogens (tertiary/aromatic N) is 2. The number of rotatable bonds is 3. The minimum Gasteiger partial charge on any atom is -0.481 e. The molecular formula is C12H9BrClN3O2. The van der Waals surface area contributed by atoms with Crippen molar-refractivity contribution in [1.29, 1.82) is 0 Å². The number of hydrogen-bond acceptors (Lipinski definition) is 4. The van der Waals surface area contributed by atoms with Crippen LogP contribution in [0.5, 0.6) is 5.88 Å². The lowest BCUT2D eigenvalue weighted by molar-refractivity contribution is 0.102. The van der Waals surface area contributed by atoms with E-state index < -0.39 is 0 Å². The molecule has 2 rings (SSSR count). The summed E-state index contributed by atoms with van der Waals surface area (Å²) in [7, 11) is 1.52. The Balaban J connectivity index is 2.22. The van der Waals surface area contributed by atoms with Crippen LogP contribution in [0, 0.1) is 0 Å². The Morgan fingerprint density at radius 2 is 2.21 bits per heavy atom. The highest BCUT2D eigenvalue weighted by Crippen LogP contribution is 2.24. The predicted octanol–water partition coefficient (Wildman–Crippen LogP) is 3.15. The normalized spacial score (nSPS) is 10.1. The molecule has 0 aromatic carbocycles. The van der Waals surface area contributed by atoms with Crippen LogP contribution < -0.4 is 10.1 Å². The molecule has 0 fully saturated rings. The van der Waals surface area contributed by atoms with Crippen LogP contribution in [0.1, 0.15) is 10.4 Å². The molecule has 2 heterocycles. The predicted molar refractivity (Wildman–Crippen MR) is 75.7 cm³/mol. The fourth-order valence-electron chi connectivity index (χ4n) is 1.37. The lowest BCUT2D eigenvalue weighted by Gasteiger charge is -2.08. The average molecular weight is 343 g/mol. The first-order chi connectivity index (χ1) is 9.11. The highest BCUT2D eigenvalue weighted by atomic mass is 79.9. The second-order valence-electron chi connectivity index (χ2n) is 3.49. The molecule has 98 valence electrons. The number of ether oxygens (including phenoxy) is 1. The van der Waals surface area contributed by atoms with Crippen LogP contribution in [0.25, 0.3) is 0 Å². The van der Waals surface area contributed by atoms with E-state index >= 15 is 0 Å². The van der Waals surface area contributed by atoms with Crippen LogP contribution in [0.4, 0.5) is 5.69 Å². The van der Waals surface area contributed by atoms with Gasteiger partial charge in [0, 0.05) is 12.3 Å². The molecule has 19 heavy (non-hydrogen) atoms. The minimum atomic E-state index is -0.356. The number of carbonyl (C=O) groups is 1. The van der Waals surface area contributed by atoms with E-state index in [2.05, 4.69) is 31.2 Å². The van der Waals surface area contributed by atoms with E-state index in [4.69, 9.17) is 16.3 Å². The van der Waals surface area contributed by atoms with Crippen molar-refractivity contribution in [1.82, 2.24) is 9.97 Å². The molecule has 5 nitrogen and oxygen atoms in total. The van der Waals surface area contributed by atoms with Gasteiger partial charge in [0.25, 0.3) is 5.91 Å². The maximum atomic E-state index is 12.0. The van der Waals surface area contributed by atoms with E-state index in [0.717, 1.165) is 0 Å². The Bertz CT molecular complexity index is 622. The second-order valence-corrected chi connectivity index (χ2v) is 4.60. The van der Waals surface area contributed by atoms with Crippen molar-refractivity contribution in [3.05, 3.63) is 45.8 Å². The highest BCUT2D eigenvalue weighted by Gasteiger charge is 2.13. The van der Waals surface area contributed by atoms with Crippen LogP contribution in [0.2, 0.25) is 5.15 Å². The van der Waals surface area contributed by atoms with E-state index in [1.165, 1.54) is 13.3 Å². The molecule has 0 aliphatic rings. The maximum Gasteiger partial charge on any atom is 0.258 e. The van der Waals surface area contributed by atoms with Gasteiger partial charge in [-0.2, -0.15) is 0 Å². The molecule has 0 aliphatic heterocycles. The van der Waals surface area contributed by atoms with Crippen LogP contribution >= 0.6 is 27.5 Å². The summed E-state index contributed by atoms with van der Waals surface area (Å²) in [6, 6.07) is 6.56. The summed E-state index contributed by atoms with van der Waals surface area (Å²) in [5, 5.41) is 2.84. The standard InChI is InChI=1S/C12H9BrClN3O2/c1-19-9-5-4-8(10(13)17-9)16-12(18)7-3-2-6-15-11(7)14/h2-6H,1H3,(H,16,18). The SMILES string of the molecule is COc1ccc(NC(=O)c2cccnc2Cl)c(Br)n1. The molecule has 0 aliphatic carbocycles. The van der Waals surface area contributed by atoms with Crippen molar-refractivity contribution < 1.29 is 9.53 Å². The molecule has 0 atom stereocenters. The number of amides is 1. The Hall–Kier alpha value is -1.66. The van der Waals surface area contributed by atoms with Crippen molar-refractivity contribution in [3.63, 3.8) is 0 Å². The molecule has 0 saturated carbocycles. The average Bonchev–Trinajstić information content (AvgIpc) is 2.41. The van der Waals surface area contributed by atoms with Gasteiger partial charge in [-0.25, -0.2) is 9.97 Å². The zero-order chi connectivity index (χ0) is 13.8. The largest absolute Gasteiger partial charge is 0.481 e. The van der Waals surface area contributed by atoms with E-state index in [1.807, 2.05) is 0 Å². The first-order valence-electron chi connectivity index (χ1n) is 5.24. The monoisotopic (exact) mass is 341 g/mol. The molecule has 0 radical (unpaired) electrons. The van der Waals surface area contributed by atoms with Crippen LogP contribution in [-0.2, 0) is 0 Å². The smallest absolute Gasteiger partial charge is 0.258 e. The Kier molecular flexibility index (Phi) is 4.34. The molecule has 0 unspecified atom stereocenters. The number of carbonyl (C=O) groups excluding carboxylic acids is 1. The quantitative estimate of drug-likeness (QED) is 0.870. The summed E-state index contributed by atoms with van der Waals surface area (Å²) in [6.07, 6.45) is 1.52. The van der Waals surface area contributed by atoms with E-state index in [-0.39, 0.29) is 11.1 Å². The maximum absolute atomic E-state index is 12.0. The first kappa shape index (κ1) is 13.8. The molecule has 1 N–H and O–H groups in total. The van der Waals surface area contributed by atoms with Gasteiger partial charge < -0.3 is 10.1 Å². The summed E-state index contributed by atoms with van der Waals surface area (Å²) in [4.78, 5) is 20.0. The second kappa shape index (κ2) is 5.99. The highest BCUT2D eigenvalue weighted by molar-refractivity contribution is 9.10. The summed E-state index contributed by atoms with van der Waals surface area (Å²) in [5.41, 5.74) is 0.817. The summed E-state index contributed by atoms with van der Waals surface area (Å²) >= 11 is 9.11. The molecule has 0 saturated heterocycles. The third kappa shape index (κ3) is 3.21. The van der Waals surface area contributed by atoms with E-state index in [1.54, 1.807) is 24.3 Å². The molecule has 2 aromatic rings. The van der Waals surface area contributed by atoms with Gasteiger partial charge in [0.05, 0.1) is 18.4 Å². The fraction of sp³-hybridized carbons (Fsp3) is 0.0833. The molecule has 1 amide bonds. The number of nitrogens with one attached hydrogen (secondary N) is 1. The third-order valence-corrected chi connectivity index (χ3v) is 3.19. The number of methoxy groups -OCH3 is 1. The van der Waals surface area contributed by atoms with Crippen LogP contribution in [-0.4, -0.2) is 23.0 Å². The number of hydrogen-bond donors (Lipinski definition) is 1. The third-order valence-electron chi connectivity index (χ3n) is 2.28. The van der Waals surface area contributed by atoms with Crippen LogP contribution in [0.3, 0.4) is 0 Å². The fourth-order valence-corrected chi connectivity index (χ4v) is 1.98. The van der Waals surface area contributed by atoms with Crippen molar-refractivity contribution in [2.24, 2.45) is 0 Å². The summed E-state index contributed by atoms with van der Waals surface area (Å²) in [6.45, 7) is 0. The molecule has 0 spiro atoms. The number of aromatic nitrogens is 2. The van der Waals surface area contributed by atoms with Gasteiger partial charge >= 0.3 is 0 Å². The zero-order valence-corrected chi connectivity index (χ0v) is 12.2. The summed E-state index contributed by atoms with van der Waals surface area (Å²) in [5.74, 6) is 0.0926. The van der Waals surface area contributed by atoms with Crippen molar-refractivity contribution in [2.45, 2.75) is 0 Å². The lowest BCUT2D eigenvalue weighted by Crippen LogP contribution is -2.13. The van der Waals surface area contributed by atoms with Gasteiger partial charge in [0.2, 0.25) is 5.88 Å². The van der Waals surface area contributed by atoms with E-state index in [9.17, 15) is 4.79 Å². The Labute approximate surface area is 123 Å². The lowest BCUT2D eigenvalue weighted by atomic mass is 10.2. The first-order valence-corrected chi connectivity index (χ1v) is 6.41. The van der Waals surface area contributed by atoms with E-state index in [0.29, 0.717) is 21.7 Å². The zero-order valence-electron chi connectivity index (χ0n) is 9.85. The molecule has 7 heteroatoms. The van der Waals surface area contributed by atoms with Gasteiger partial charge in [-0.15, -0.1) is 0 Å². The molecule has 0 bridgehead atoms. The minimum absolute atomic E-state index is 0.151. The topological polar surface area (TPSA) is 64.1 Å². The van der Waals surface area contributed by atoms with Crippen molar-refractivity contribution in [2.75, 3.05) is 12.4 Å². The van der Waals surface area contributed by atoms with Gasteiger partial charge in [0.1, 0.15) is 9.76 Å². The van der Waals surface area contributed by atoms with Gasteiger partial charge in [-0.05, 0) is 34.1 Å². The van der Waals surface area contributed by atoms with Crippen molar-refractivity contribution >= 4 is 39.1 Å². The number of halogens is 2. The van der Waals surface area contributed by atoms with Gasteiger partial charge in [-0.1, -0.05) is 11.6 Å². The van der Waals surface area contributed by atoms with Crippen molar-refractivity contribution in [3.8, 4) is 5.88 Å². The number of anilines is 1.